The molecular weight excluding hydrogens is 228 g/mol. The van der Waals surface area contributed by atoms with Crippen molar-refractivity contribution in [2.24, 2.45) is 5.92 Å². The first-order valence-electron chi connectivity index (χ1n) is 6.43. The molecule has 98 valence electrons. The van der Waals surface area contributed by atoms with E-state index in [0.29, 0.717) is 16.9 Å². The highest BCUT2D eigenvalue weighted by atomic mass is 16.5. The van der Waals surface area contributed by atoms with E-state index in [2.05, 4.69) is 5.32 Å². The Kier molecular flexibility index (Phi) is 4.07. The van der Waals surface area contributed by atoms with Crippen LogP contribution in [0.25, 0.3) is 0 Å². The number of methoxy groups -OCH3 is 1. The number of nitrogen functional groups attached to an aromatic ring is 1. The molecule has 0 aliphatic heterocycles. The Bertz CT molecular complexity index is 428. The van der Waals surface area contributed by atoms with Gasteiger partial charge in [0.05, 0.1) is 24.0 Å². The minimum Gasteiger partial charge on any atom is -0.465 e. The number of para-hydroxylation sites is 1. The van der Waals surface area contributed by atoms with Gasteiger partial charge >= 0.3 is 5.97 Å². The minimum atomic E-state index is -0.353. The number of carbonyl (C=O) groups is 1. The predicted octanol–water partition coefficient (Wildman–Crippen LogP) is 2.66. The maximum absolute atomic E-state index is 11.6. The lowest BCUT2D eigenvalue weighted by atomic mass is 9.83. The van der Waals surface area contributed by atoms with Crippen LogP contribution in [0.4, 0.5) is 11.4 Å². The number of ether oxygens (including phenoxy) is 1. The number of nitrogens with one attached hydrogen (secondary N) is 1. The molecule has 0 spiro atoms. The quantitative estimate of drug-likeness (QED) is 0.621. The van der Waals surface area contributed by atoms with Gasteiger partial charge in [0, 0.05) is 6.54 Å². The molecule has 4 nitrogen and oxygen atoms in total. The van der Waals surface area contributed by atoms with Crippen molar-refractivity contribution < 1.29 is 9.53 Å². The van der Waals surface area contributed by atoms with Crippen LogP contribution in [0.2, 0.25) is 0 Å². The minimum absolute atomic E-state index is 0.353. The highest BCUT2D eigenvalue weighted by Gasteiger charge is 2.18. The lowest BCUT2D eigenvalue weighted by molar-refractivity contribution is 0.0602. The van der Waals surface area contributed by atoms with Crippen molar-refractivity contribution in [1.29, 1.82) is 0 Å². The summed E-state index contributed by atoms with van der Waals surface area (Å²) in [6.07, 6.45) is 5.14. The van der Waals surface area contributed by atoms with Gasteiger partial charge in [-0.2, -0.15) is 0 Å². The molecule has 0 amide bonds. The second-order valence-corrected chi connectivity index (χ2v) is 4.77. The molecule has 1 saturated carbocycles. The van der Waals surface area contributed by atoms with Crippen LogP contribution in [-0.4, -0.2) is 19.6 Å². The number of rotatable bonds is 5. The van der Waals surface area contributed by atoms with E-state index in [1.54, 1.807) is 18.2 Å². The molecule has 0 unspecified atom stereocenters. The zero-order valence-electron chi connectivity index (χ0n) is 10.7. The SMILES string of the molecule is COC(=O)c1cccc(N)c1NCCC1CCC1. The number of hydrogen-bond acceptors (Lipinski definition) is 4. The number of esters is 1. The molecule has 18 heavy (non-hydrogen) atoms. The van der Waals surface area contributed by atoms with Crippen LogP contribution >= 0.6 is 0 Å². The fourth-order valence-corrected chi connectivity index (χ4v) is 2.23. The first-order chi connectivity index (χ1) is 8.72. The molecule has 1 aliphatic carbocycles. The Morgan fingerprint density at radius 1 is 1.50 bits per heavy atom. The summed E-state index contributed by atoms with van der Waals surface area (Å²) in [5.74, 6) is 0.484. The second kappa shape index (κ2) is 5.76. The molecule has 2 rings (SSSR count). The van der Waals surface area contributed by atoms with Gasteiger partial charge in [-0.3, -0.25) is 0 Å². The Morgan fingerprint density at radius 3 is 2.89 bits per heavy atom. The van der Waals surface area contributed by atoms with Crippen molar-refractivity contribution in [1.82, 2.24) is 0 Å². The van der Waals surface area contributed by atoms with E-state index in [9.17, 15) is 4.79 Å². The van der Waals surface area contributed by atoms with E-state index in [-0.39, 0.29) is 5.97 Å². The molecule has 0 radical (unpaired) electrons. The summed E-state index contributed by atoms with van der Waals surface area (Å²) < 4.78 is 4.76. The number of anilines is 2. The van der Waals surface area contributed by atoms with Gasteiger partial charge in [0.25, 0.3) is 0 Å². The zero-order valence-corrected chi connectivity index (χ0v) is 10.7. The van der Waals surface area contributed by atoms with Crippen LogP contribution in [-0.2, 0) is 4.74 Å². The Morgan fingerprint density at radius 2 is 2.28 bits per heavy atom. The summed E-state index contributed by atoms with van der Waals surface area (Å²) in [5, 5.41) is 3.27. The average molecular weight is 248 g/mol. The molecular formula is C14H20N2O2. The average Bonchev–Trinajstić information content (AvgIpc) is 2.32. The van der Waals surface area contributed by atoms with E-state index in [1.807, 2.05) is 0 Å². The first-order valence-corrected chi connectivity index (χ1v) is 6.43. The van der Waals surface area contributed by atoms with Crippen molar-refractivity contribution >= 4 is 17.3 Å². The summed E-state index contributed by atoms with van der Waals surface area (Å²) in [7, 11) is 1.38. The summed E-state index contributed by atoms with van der Waals surface area (Å²) in [4.78, 5) is 11.6. The molecule has 4 heteroatoms. The second-order valence-electron chi connectivity index (χ2n) is 4.77. The number of benzene rings is 1. The van der Waals surface area contributed by atoms with Crippen LogP contribution in [0.5, 0.6) is 0 Å². The van der Waals surface area contributed by atoms with E-state index in [0.717, 1.165) is 18.9 Å². The van der Waals surface area contributed by atoms with Crippen LogP contribution in [0.3, 0.4) is 0 Å². The van der Waals surface area contributed by atoms with Crippen molar-refractivity contribution in [3.05, 3.63) is 23.8 Å². The van der Waals surface area contributed by atoms with Crippen molar-refractivity contribution in [2.75, 3.05) is 24.7 Å². The van der Waals surface area contributed by atoms with Crippen LogP contribution < -0.4 is 11.1 Å². The van der Waals surface area contributed by atoms with Crippen molar-refractivity contribution in [3.8, 4) is 0 Å². The molecule has 0 atom stereocenters. The first kappa shape index (κ1) is 12.7. The Balaban J connectivity index is 2.02. The molecule has 1 fully saturated rings. The molecule has 1 aromatic rings. The summed E-state index contributed by atoms with van der Waals surface area (Å²) in [5.41, 5.74) is 7.70. The van der Waals surface area contributed by atoms with Gasteiger partial charge in [0.2, 0.25) is 0 Å². The molecule has 1 aliphatic rings. The fraction of sp³-hybridized carbons (Fsp3) is 0.500. The monoisotopic (exact) mass is 248 g/mol. The van der Waals surface area contributed by atoms with Gasteiger partial charge < -0.3 is 15.8 Å². The molecule has 3 N–H and O–H groups in total. The predicted molar refractivity (Wildman–Crippen MR) is 72.6 cm³/mol. The van der Waals surface area contributed by atoms with Gasteiger partial charge in [0.15, 0.2) is 0 Å². The largest absolute Gasteiger partial charge is 0.465 e. The van der Waals surface area contributed by atoms with E-state index >= 15 is 0 Å². The smallest absolute Gasteiger partial charge is 0.340 e. The highest BCUT2D eigenvalue weighted by molar-refractivity contribution is 5.98. The standard InChI is InChI=1S/C14H20N2O2/c1-18-14(17)11-6-3-7-12(15)13(11)16-9-8-10-4-2-5-10/h3,6-7,10,16H,2,4-5,8-9,15H2,1H3. The van der Waals surface area contributed by atoms with Crippen molar-refractivity contribution in [3.63, 3.8) is 0 Å². The van der Waals surface area contributed by atoms with Crippen molar-refractivity contribution in [2.45, 2.75) is 25.7 Å². The van der Waals surface area contributed by atoms with Gasteiger partial charge in [-0.1, -0.05) is 25.3 Å². The molecule has 1 aromatic carbocycles. The van der Waals surface area contributed by atoms with Gasteiger partial charge in [0.1, 0.15) is 0 Å². The van der Waals surface area contributed by atoms with E-state index in [1.165, 1.54) is 26.4 Å². The summed E-state index contributed by atoms with van der Waals surface area (Å²) in [6, 6.07) is 5.28. The number of hydrogen-bond donors (Lipinski definition) is 2. The van der Waals surface area contributed by atoms with Crippen LogP contribution in [0.1, 0.15) is 36.0 Å². The lowest BCUT2D eigenvalue weighted by Gasteiger charge is -2.25. The van der Waals surface area contributed by atoms with Gasteiger partial charge in [-0.05, 0) is 24.5 Å². The Hall–Kier alpha value is -1.71. The molecule has 0 saturated heterocycles. The highest BCUT2D eigenvalue weighted by Crippen LogP contribution is 2.30. The van der Waals surface area contributed by atoms with E-state index < -0.39 is 0 Å². The van der Waals surface area contributed by atoms with Gasteiger partial charge in [-0.25, -0.2) is 4.79 Å². The van der Waals surface area contributed by atoms with Crippen LogP contribution in [0.15, 0.2) is 18.2 Å². The third-order valence-electron chi connectivity index (χ3n) is 3.58. The summed E-state index contributed by atoms with van der Waals surface area (Å²) in [6.45, 7) is 0.850. The fourth-order valence-electron chi connectivity index (χ4n) is 2.23. The lowest BCUT2D eigenvalue weighted by Crippen LogP contribution is -2.17. The molecule has 0 heterocycles. The van der Waals surface area contributed by atoms with Gasteiger partial charge in [-0.15, -0.1) is 0 Å². The zero-order chi connectivity index (χ0) is 13.0. The maximum Gasteiger partial charge on any atom is 0.340 e. The Labute approximate surface area is 108 Å². The third-order valence-corrected chi connectivity index (χ3v) is 3.58. The number of nitrogens with two attached hydrogens (primary N) is 1. The number of carbonyl (C=O) groups excluding carboxylic acids is 1. The van der Waals surface area contributed by atoms with Crippen LogP contribution in [0, 0.1) is 5.92 Å². The third kappa shape index (κ3) is 2.75. The normalized spacial score (nSPS) is 14.9. The molecule has 0 bridgehead atoms. The summed E-state index contributed by atoms with van der Waals surface area (Å²) >= 11 is 0. The van der Waals surface area contributed by atoms with E-state index in [4.69, 9.17) is 10.5 Å². The molecule has 0 aromatic heterocycles. The topological polar surface area (TPSA) is 64.3 Å². The maximum atomic E-state index is 11.6.